The minimum atomic E-state index is 0.143. The molecule has 0 unspecified atom stereocenters. The number of hydrogen-bond donors (Lipinski definition) is 2. The first-order chi connectivity index (χ1) is 18.1. The summed E-state index contributed by atoms with van der Waals surface area (Å²) in [6.45, 7) is 6.07. The molecule has 1 aliphatic rings. The van der Waals surface area contributed by atoms with Crippen molar-refractivity contribution in [2.24, 2.45) is 0 Å². The van der Waals surface area contributed by atoms with Gasteiger partial charge < -0.3 is 25.2 Å². The van der Waals surface area contributed by atoms with Crippen molar-refractivity contribution < 1.29 is 9.53 Å². The van der Waals surface area contributed by atoms with E-state index < -0.39 is 0 Å². The lowest BCUT2D eigenvalue weighted by molar-refractivity contribution is -0.130. The maximum Gasteiger partial charge on any atom is 0.236 e. The van der Waals surface area contributed by atoms with Crippen molar-refractivity contribution in [1.29, 1.82) is 0 Å². The zero-order valence-corrected chi connectivity index (χ0v) is 21.6. The average Bonchev–Trinajstić information content (AvgIpc) is 3.37. The van der Waals surface area contributed by atoms with Crippen LogP contribution in [0.2, 0.25) is 5.02 Å². The Labute approximate surface area is 220 Å². The molecule has 0 aliphatic carbocycles. The van der Waals surface area contributed by atoms with E-state index in [0.717, 1.165) is 42.4 Å². The Hall–Kier alpha value is -3.89. The standard InChI is InChI=1S/C26H29ClN8O2/c1-3-28-17-24(36)34-12-10-33(11-13-34)18-7-8-20(22(14-18)37-2)31-26-30-15-19(27)25(32-26)21-16-29-23-6-4-5-9-35(21)23/h4-9,14-16,28H,3,10-13,17H2,1-2H3,(H,30,31,32). The Bertz CT molecular complexity index is 1400. The van der Waals surface area contributed by atoms with Gasteiger partial charge >= 0.3 is 0 Å². The number of aromatic nitrogens is 4. The predicted octanol–water partition coefficient (Wildman–Crippen LogP) is 3.46. The van der Waals surface area contributed by atoms with Crippen molar-refractivity contribution in [3.63, 3.8) is 0 Å². The zero-order chi connectivity index (χ0) is 25.8. The Kier molecular flexibility index (Phi) is 7.38. The minimum absolute atomic E-state index is 0.143. The fourth-order valence-electron chi connectivity index (χ4n) is 4.37. The largest absolute Gasteiger partial charge is 0.494 e. The molecule has 1 fully saturated rings. The summed E-state index contributed by atoms with van der Waals surface area (Å²) in [4.78, 5) is 29.9. The second-order valence-electron chi connectivity index (χ2n) is 8.62. The van der Waals surface area contributed by atoms with Crippen LogP contribution in [-0.4, -0.2) is 76.5 Å². The average molecular weight is 521 g/mol. The molecule has 0 bridgehead atoms. The maximum absolute atomic E-state index is 12.3. The Morgan fingerprint density at radius 3 is 2.73 bits per heavy atom. The fraction of sp³-hybridized carbons (Fsp3) is 0.308. The number of ether oxygens (including phenoxy) is 1. The highest BCUT2D eigenvalue weighted by Gasteiger charge is 2.22. The molecule has 1 aromatic carbocycles. The van der Waals surface area contributed by atoms with Crippen LogP contribution >= 0.6 is 11.6 Å². The molecule has 0 spiro atoms. The summed E-state index contributed by atoms with van der Waals surface area (Å²) in [5.41, 5.74) is 3.93. The Balaban J connectivity index is 1.32. The van der Waals surface area contributed by atoms with E-state index in [1.807, 2.05) is 58.8 Å². The van der Waals surface area contributed by atoms with Gasteiger partial charge in [-0.3, -0.25) is 9.20 Å². The summed E-state index contributed by atoms with van der Waals surface area (Å²) in [7, 11) is 1.63. The molecule has 192 valence electrons. The van der Waals surface area contributed by atoms with E-state index in [9.17, 15) is 4.79 Å². The van der Waals surface area contributed by atoms with Crippen LogP contribution in [0.15, 0.2) is 55.0 Å². The Morgan fingerprint density at radius 2 is 1.95 bits per heavy atom. The quantitative estimate of drug-likeness (QED) is 0.364. The van der Waals surface area contributed by atoms with Gasteiger partial charge in [-0.2, -0.15) is 0 Å². The molecular formula is C26H29ClN8O2. The molecule has 1 saturated heterocycles. The first-order valence-electron chi connectivity index (χ1n) is 12.2. The van der Waals surface area contributed by atoms with Crippen LogP contribution < -0.4 is 20.3 Å². The lowest BCUT2D eigenvalue weighted by atomic mass is 10.2. The topological polar surface area (TPSA) is 99.9 Å². The number of imidazole rings is 1. The van der Waals surface area contributed by atoms with Gasteiger partial charge in [0.25, 0.3) is 0 Å². The van der Waals surface area contributed by atoms with Crippen LogP contribution in [0.5, 0.6) is 5.75 Å². The van der Waals surface area contributed by atoms with E-state index in [0.29, 0.717) is 42.0 Å². The number of pyridine rings is 1. The molecule has 37 heavy (non-hydrogen) atoms. The predicted molar refractivity (Wildman–Crippen MR) is 145 cm³/mol. The van der Waals surface area contributed by atoms with Gasteiger partial charge in [0, 0.05) is 44.1 Å². The summed E-state index contributed by atoms with van der Waals surface area (Å²) in [6.07, 6.45) is 5.24. The molecule has 11 heteroatoms. The van der Waals surface area contributed by atoms with Crippen molar-refractivity contribution in [2.75, 3.05) is 56.6 Å². The fourth-order valence-corrected chi connectivity index (χ4v) is 4.56. The summed E-state index contributed by atoms with van der Waals surface area (Å²) in [5, 5.41) is 6.79. The summed E-state index contributed by atoms with van der Waals surface area (Å²) in [5.74, 6) is 1.20. The third-order valence-electron chi connectivity index (χ3n) is 6.36. The first kappa shape index (κ1) is 24.8. The van der Waals surface area contributed by atoms with E-state index in [1.54, 1.807) is 19.5 Å². The van der Waals surface area contributed by atoms with Gasteiger partial charge in [-0.25, -0.2) is 15.0 Å². The highest BCUT2D eigenvalue weighted by atomic mass is 35.5. The highest BCUT2D eigenvalue weighted by molar-refractivity contribution is 6.32. The Morgan fingerprint density at radius 1 is 1.11 bits per heavy atom. The molecule has 4 aromatic rings. The SMILES string of the molecule is CCNCC(=O)N1CCN(c2ccc(Nc3ncc(Cl)c(-c4cnc5ccccn45)n3)c(OC)c2)CC1. The number of hydrogen-bond acceptors (Lipinski definition) is 8. The second kappa shape index (κ2) is 11.0. The number of fused-ring (bicyclic) bond motifs is 1. The van der Waals surface area contributed by atoms with Crippen LogP contribution in [0.4, 0.5) is 17.3 Å². The molecule has 0 radical (unpaired) electrons. The van der Waals surface area contributed by atoms with E-state index in [4.69, 9.17) is 16.3 Å². The summed E-state index contributed by atoms with van der Waals surface area (Å²) >= 11 is 6.46. The number of carbonyl (C=O) groups is 1. The van der Waals surface area contributed by atoms with E-state index in [2.05, 4.69) is 30.5 Å². The number of piperazine rings is 1. The molecule has 1 aliphatic heterocycles. The highest BCUT2D eigenvalue weighted by Crippen LogP contribution is 2.33. The zero-order valence-electron chi connectivity index (χ0n) is 20.8. The van der Waals surface area contributed by atoms with E-state index in [1.165, 1.54) is 0 Å². The third-order valence-corrected chi connectivity index (χ3v) is 6.64. The van der Waals surface area contributed by atoms with Crippen LogP contribution in [-0.2, 0) is 4.79 Å². The van der Waals surface area contributed by atoms with Gasteiger partial charge in [0.1, 0.15) is 17.1 Å². The van der Waals surface area contributed by atoms with Crippen molar-refractivity contribution >= 4 is 40.5 Å². The minimum Gasteiger partial charge on any atom is -0.494 e. The van der Waals surface area contributed by atoms with Crippen molar-refractivity contribution in [3.8, 4) is 17.1 Å². The van der Waals surface area contributed by atoms with Crippen LogP contribution in [0.3, 0.4) is 0 Å². The molecule has 2 N–H and O–H groups in total. The van der Waals surface area contributed by atoms with Gasteiger partial charge in [0.15, 0.2) is 0 Å². The number of methoxy groups -OCH3 is 1. The number of nitrogens with zero attached hydrogens (tertiary/aromatic N) is 6. The first-order valence-corrected chi connectivity index (χ1v) is 12.6. The summed E-state index contributed by atoms with van der Waals surface area (Å²) in [6, 6.07) is 11.7. The number of benzene rings is 1. The number of rotatable bonds is 8. The number of likely N-dealkylation sites (N-methyl/N-ethyl adjacent to an activating group) is 1. The summed E-state index contributed by atoms with van der Waals surface area (Å²) < 4.78 is 7.61. The normalized spacial score (nSPS) is 13.7. The molecule has 3 aromatic heterocycles. The smallest absolute Gasteiger partial charge is 0.236 e. The van der Waals surface area contributed by atoms with Gasteiger partial charge in [-0.05, 0) is 30.8 Å². The molecule has 1 amide bonds. The number of anilines is 3. The second-order valence-corrected chi connectivity index (χ2v) is 9.03. The van der Waals surface area contributed by atoms with E-state index >= 15 is 0 Å². The van der Waals surface area contributed by atoms with Crippen molar-refractivity contribution in [1.82, 2.24) is 29.6 Å². The molecule has 0 saturated carbocycles. The lowest BCUT2D eigenvalue weighted by Crippen LogP contribution is -2.50. The third kappa shape index (κ3) is 5.30. The van der Waals surface area contributed by atoms with Crippen molar-refractivity contribution in [2.45, 2.75) is 6.92 Å². The van der Waals surface area contributed by atoms with Crippen LogP contribution in [0, 0.1) is 0 Å². The lowest BCUT2D eigenvalue weighted by Gasteiger charge is -2.36. The van der Waals surface area contributed by atoms with Gasteiger partial charge in [-0.15, -0.1) is 0 Å². The number of carbonyl (C=O) groups excluding carboxylic acids is 1. The molecule has 4 heterocycles. The number of halogens is 1. The number of nitrogens with one attached hydrogen (secondary N) is 2. The maximum atomic E-state index is 12.3. The van der Waals surface area contributed by atoms with Crippen molar-refractivity contribution in [3.05, 3.63) is 60.0 Å². The van der Waals surface area contributed by atoms with Crippen LogP contribution in [0.25, 0.3) is 17.0 Å². The van der Waals surface area contributed by atoms with Gasteiger partial charge in [-0.1, -0.05) is 24.6 Å². The van der Waals surface area contributed by atoms with E-state index in [-0.39, 0.29) is 5.91 Å². The molecule has 5 rings (SSSR count). The van der Waals surface area contributed by atoms with Gasteiger partial charge in [0.2, 0.25) is 11.9 Å². The van der Waals surface area contributed by atoms with Crippen LogP contribution in [0.1, 0.15) is 6.92 Å². The number of amides is 1. The monoisotopic (exact) mass is 520 g/mol. The molecular weight excluding hydrogens is 492 g/mol. The molecule has 0 atom stereocenters. The van der Waals surface area contributed by atoms with Gasteiger partial charge in [0.05, 0.1) is 42.5 Å². The molecule has 10 nitrogen and oxygen atoms in total.